The Labute approximate surface area is 91.5 Å². The number of anilines is 2. The molecule has 16 heavy (non-hydrogen) atoms. The average molecular weight is 222 g/mol. The van der Waals surface area contributed by atoms with E-state index in [0.29, 0.717) is 29.6 Å². The second-order valence-electron chi connectivity index (χ2n) is 3.31. The molecule has 0 aliphatic rings. The monoisotopic (exact) mass is 222 g/mol. The van der Waals surface area contributed by atoms with Crippen molar-refractivity contribution >= 4 is 11.4 Å². The largest absolute Gasteiger partial charge is 0.397 e. The third-order valence-corrected chi connectivity index (χ3v) is 2.02. The van der Waals surface area contributed by atoms with E-state index in [9.17, 15) is 4.39 Å². The number of hydrogen-bond acceptors (Lipinski definition) is 5. The fourth-order valence-electron chi connectivity index (χ4n) is 1.27. The van der Waals surface area contributed by atoms with E-state index in [1.807, 2.05) is 0 Å². The Morgan fingerprint density at radius 3 is 3.00 bits per heavy atom. The molecule has 6 heteroatoms. The highest BCUT2D eigenvalue weighted by Crippen LogP contribution is 2.19. The van der Waals surface area contributed by atoms with Crippen molar-refractivity contribution in [3.63, 3.8) is 0 Å². The third-order valence-electron chi connectivity index (χ3n) is 2.02. The Balaban J connectivity index is 2.07. The van der Waals surface area contributed by atoms with Gasteiger partial charge in [-0.25, -0.2) is 4.39 Å². The molecule has 0 atom stereocenters. The normalized spacial score (nSPS) is 10.4. The van der Waals surface area contributed by atoms with Gasteiger partial charge in [-0.3, -0.25) is 0 Å². The number of benzene rings is 1. The standard InChI is InChI=1S/C10H11FN4O/c1-6-14-10(15-16-6)5-13-9-4-7(11)2-3-8(9)12/h2-4,13H,5,12H2,1H3. The van der Waals surface area contributed by atoms with Gasteiger partial charge < -0.3 is 15.6 Å². The summed E-state index contributed by atoms with van der Waals surface area (Å²) in [5.74, 6) is 0.645. The van der Waals surface area contributed by atoms with Crippen LogP contribution in [0, 0.1) is 12.7 Å². The fourth-order valence-corrected chi connectivity index (χ4v) is 1.27. The maximum absolute atomic E-state index is 12.9. The molecule has 3 N–H and O–H groups in total. The molecule has 0 aliphatic heterocycles. The van der Waals surface area contributed by atoms with Gasteiger partial charge in [0.25, 0.3) is 0 Å². The molecule has 0 spiro atoms. The van der Waals surface area contributed by atoms with Crippen molar-refractivity contribution in [2.75, 3.05) is 11.1 Å². The van der Waals surface area contributed by atoms with Crippen LogP contribution in [0.25, 0.3) is 0 Å². The molecule has 0 saturated carbocycles. The van der Waals surface area contributed by atoms with E-state index < -0.39 is 0 Å². The minimum atomic E-state index is -0.346. The van der Waals surface area contributed by atoms with Gasteiger partial charge in [0.2, 0.25) is 5.89 Å². The smallest absolute Gasteiger partial charge is 0.223 e. The van der Waals surface area contributed by atoms with Crippen molar-refractivity contribution in [2.45, 2.75) is 13.5 Å². The zero-order valence-electron chi connectivity index (χ0n) is 8.70. The lowest BCUT2D eigenvalue weighted by Crippen LogP contribution is -2.04. The molecule has 0 unspecified atom stereocenters. The highest BCUT2D eigenvalue weighted by atomic mass is 19.1. The number of rotatable bonds is 3. The van der Waals surface area contributed by atoms with Crippen LogP contribution in [0.2, 0.25) is 0 Å². The van der Waals surface area contributed by atoms with E-state index in [4.69, 9.17) is 10.3 Å². The molecular formula is C10H11FN4O. The van der Waals surface area contributed by atoms with Gasteiger partial charge in [-0.2, -0.15) is 4.98 Å². The number of halogens is 1. The van der Waals surface area contributed by atoms with Gasteiger partial charge in [-0.15, -0.1) is 0 Å². The first-order valence-corrected chi connectivity index (χ1v) is 4.73. The molecule has 2 rings (SSSR count). The van der Waals surface area contributed by atoms with Gasteiger partial charge in [0.1, 0.15) is 5.82 Å². The molecule has 1 aromatic carbocycles. The van der Waals surface area contributed by atoms with E-state index >= 15 is 0 Å². The summed E-state index contributed by atoms with van der Waals surface area (Å²) in [6.45, 7) is 2.04. The predicted molar refractivity (Wildman–Crippen MR) is 57.2 cm³/mol. The van der Waals surface area contributed by atoms with E-state index in [1.54, 1.807) is 6.92 Å². The van der Waals surface area contributed by atoms with Gasteiger partial charge in [0, 0.05) is 6.92 Å². The van der Waals surface area contributed by atoms with Crippen molar-refractivity contribution in [3.05, 3.63) is 35.7 Å². The summed E-state index contributed by atoms with van der Waals surface area (Å²) in [7, 11) is 0. The topological polar surface area (TPSA) is 77.0 Å². The molecule has 0 bridgehead atoms. The van der Waals surface area contributed by atoms with Crippen molar-refractivity contribution in [2.24, 2.45) is 0 Å². The zero-order chi connectivity index (χ0) is 11.5. The summed E-state index contributed by atoms with van der Waals surface area (Å²) in [6.07, 6.45) is 0. The molecule has 0 amide bonds. The Morgan fingerprint density at radius 1 is 1.50 bits per heavy atom. The zero-order valence-corrected chi connectivity index (χ0v) is 8.70. The minimum absolute atomic E-state index is 0.338. The van der Waals surface area contributed by atoms with Crippen LogP contribution in [-0.2, 0) is 6.54 Å². The van der Waals surface area contributed by atoms with Crippen LogP contribution in [0.3, 0.4) is 0 Å². The number of nitrogen functional groups attached to an aromatic ring is 1. The van der Waals surface area contributed by atoms with Crippen LogP contribution in [0.1, 0.15) is 11.7 Å². The maximum atomic E-state index is 12.9. The first-order valence-electron chi connectivity index (χ1n) is 4.73. The minimum Gasteiger partial charge on any atom is -0.397 e. The molecule has 0 saturated heterocycles. The van der Waals surface area contributed by atoms with Gasteiger partial charge in [0.05, 0.1) is 17.9 Å². The number of aromatic nitrogens is 2. The molecule has 0 radical (unpaired) electrons. The van der Waals surface area contributed by atoms with E-state index in [2.05, 4.69) is 15.5 Å². The molecular weight excluding hydrogens is 211 g/mol. The van der Waals surface area contributed by atoms with E-state index in [1.165, 1.54) is 18.2 Å². The van der Waals surface area contributed by atoms with Crippen LogP contribution >= 0.6 is 0 Å². The SMILES string of the molecule is Cc1nc(CNc2cc(F)ccc2N)no1. The molecule has 84 valence electrons. The van der Waals surface area contributed by atoms with E-state index in [-0.39, 0.29) is 5.82 Å². The van der Waals surface area contributed by atoms with Gasteiger partial charge >= 0.3 is 0 Å². The van der Waals surface area contributed by atoms with Crippen molar-refractivity contribution in [3.8, 4) is 0 Å². The van der Waals surface area contributed by atoms with Crippen molar-refractivity contribution in [1.29, 1.82) is 0 Å². The van der Waals surface area contributed by atoms with Gasteiger partial charge in [-0.05, 0) is 18.2 Å². The first kappa shape index (κ1) is 10.4. The Morgan fingerprint density at radius 2 is 2.31 bits per heavy atom. The summed E-state index contributed by atoms with van der Waals surface area (Å²) in [6, 6.07) is 4.13. The summed E-state index contributed by atoms with van der Waals surface area (Å²) < 4.78 is 17.7. The summed E-state index contributed by atoms with van der Waals surface area (Å²) in [5, 5.41) is 6.63. The van der Waals surface area contributed by atoms with Gasteiger partial charge in [-0.1, -0.05) is 5.16 Å². The van der Waals surface area contributed by atoms with Crippen molar-refractivity contribution in [1.82, 2.24) is 10.1 Å². The summed E-state index contributed by atoms with van der Waals surface area (Å²) in [4.78, 5) is 4.00. The predicted octanol–water partition coefficient (Wildman–Crippen LogP) is 1.71. The highest BCUT2D eigenvalue weighted by Gasteiger charge is 2.04. The fraction of sp³-hybridized carbons (Fsp3) is 0.200. The quantitative estimate of drug-likeness (QED) is 0.773. The highest BCUT2D eigenvalue weighted by molar-refractivity contribution is 5.65. The number of hydrogen-bond donors (Lipinski definition) is 2. The second-order valence-corrected chi connectivity index (χ2v) is 3.31. The molecule has 2 aromatic rings. The number of nitrogens with zero attached hydrogens (tertiary/aromatic N) is 2. The lowest BCUT2D eigenvalue weighted by Gasteiger charge is -2.06. The number of nitrogens with one attached hydrogen (secondary N) is 1. The molecule has 1 heterocycles. The Kier molecular flexibility index (Phi) is 2.72. The van der Waals surface area contributed by atoms with Crippen LogP contribution < -0.4 is 11.1 Å². The summed E-state index contributed by atoms with van der Waals surface area (Å²) >= 11 is 0. The first-order chi connectivity index (χ1) is 7.65. The molecule has 5 nitrogen and oxygen atoms in total. The Bertz CT molecular complexity index is 497. The van der Waals surface area contributed by atoms with Crippen LogP contribution in [-0.4, -0.2) is 10.1 Å². The second kappa shape index (κ2) is 4.18. The third kappa shape index (κ3) is 2.28. The lowest BCUT2D eigenvalue weighted by atomic mass is 10.2. The summed E-state index contributed by atoms with van der Waals surface area (Å²) in [5.41, 5.74) is 6.66. The van der Waals surface area contributed by atoms with Crippen LogP contribution in [0.15, 0.2) is 22.7 Å². The lowest BCUT2D eigenvalue weighted by molar-refractivity contribution is 0.388. The molecule has 0 aliphatic carbocycles. The average Bonchev–Trinajstić information content (AvgIpc) is 2.66. The maximum Gasteiger partial charge on any atom is 0.223 e. The van der Waals surface area contributed by atoms with Gasteiger partial charge in [0.15, 0.2) is 5.82 Å². The molecule has 1 aromatic heterocycles. The van der Waals surface area contributed by atoms with Crippen LogP contribution in [0.4, 0.5) is 15.8 Å². The number of nitrogens with two attached hydrogens (primary N) is 1. The van der Waals surface area contributed by atoms with E-state index in [0.717, 1.165) is 0 Å². The molecule has 0 fully saturated rings. The Hall–Kier alpha value is -2.11. The number of aryl methyl sites for hydroxylation is 1. The van der Waals surface area contributed by atoms with Crippen molar-refractivity contribution < 1.29 is 8.91 Å². The van der Waals surface area contributed by atoms with Crippen LogP contribution in [0.5, 0.6) is 0 Å².